The van der Waals surface area contributed by atoms with Crippen molar-refractivity contribution in [1.29, 1.82) is 0 Å². The molecule has 7 nitrogen and oxygen atoms in total. The fourth-order valence-corrected chi connectivity index (χ4v) is 2.96. The van der Waals surface area contributed by atoms with Crippen molar-refractivity contribution >= 4 is 12.0 Å². The van der Waals surface area contributed by atoms with E-state index in [1.54, 1.807) is 6.92 Å². The highest BCUT2D eigenvalue weighted by Gasteiger charge is 2.19. The summed E-state index contributed by atoms with van der Waals surface area (Å²) in [5, 5.41) is 0. The molecule has 0 spiro atoms. The third-order valence-corrected chi connectivity index (χ3v) is 4.22. The number of carbonyl (C=O) groups is 1. The van der Waals surface area contributed by atoms with E-state index in [1.807, 2.05) is 12.4 Å². The van der Waals surface area contributed by atoms with Crippen LogP contribution in [0.3, 0.4) is 0 Å². The van der Waals surface area contributed by atoms with Gasteiger partial charge >= 0.3 is 5.97 Å². The van der Waals surface area contributed by atoms with Crippen LogP contribution in [0.1, 0.15) is 49.0 Å². The van der Waals surface area contributed by atoms with Crippen molar-refractivity contribution in [1.82, 2.24) is 14.5 Å². The number of hydrogen-bond donors (Lipinski definition) is 0. The molecule has 0 amide bonds. The molecule has 0 atom stereocenters. The molecule has 3 heterocycles. The standard InChI is InChI=1S/C17H24N4O3/c1-2-23-16(22)14-13-19-17(24-14)21-10-6-4-3-5-9-20-12-8-18-15(20)7-11-21/h8,12-13H,2-7,9-11H2,1H3. The minimum Gasteiger partial charge on any atom is -0.460 e. The first-order valence-electron chi connectivity index (χ1n) is 8.66. The first-order chi connectivity index (χ1) is 11.8. The van der Waals surface area contributed by atoms with Crippen molar-refractivity contribution in [2.45, 2.75) is 45.6 Å². The Morgan fingerprint density at radius 3 is 2.88 bits per heavy atom. The number of anilines is 1. The van der Waals surface area contributed by atoms with Gasteiger partial charge in [0.2, 0.25) is 5.76 Å². The van der Waals surface area contributed by atoms with E-state index in [0.717, 1.165) is 38.3 Å². The summed E-state index contributed by atoms with van der Waals surface area (Å²) >= 11 is 0. The van der Waals surface area contributed by atoms with Crippen molar-refractivity contribution in [3.8, 4) is 0 Å². The quantitative estimate of drug-likeness (QED) is 0.805. The second-order valence-electron chi connectivity index (χ2n) is 5.92. The smallest absolute Gasteiger partial charge is 0.376 e. The van der Waals surface area contributed by atoms with Crippen molar-refractivity contribution < 1.29 is 13.9 Å². The topological polar surface area (TPSA) is 73.4 Å². The molecule has 0 N–H and O–H groups in total. The van der Waals surface area contributed by atoms with Gasteiger partial charge in [-0.1, -0.05) is 12.8 Å². The summed E-state index contributed by atoms with van der Waals surface area (Å²) in [4.78, 5) is 22.6. The van der Waals surface area contributed by atoms with Crippen LogP contribution in [0.25, 0.3) is 0 Å². The molecule has 0 aromatic carbocycles. The highest BCUT2D eigenvalue weighted by molar-refractivity contribution is 5.86. The molecule has 0 aliphatic carbocycles. The van der Waals surface area contributed by atoms with Crippen LogP contribution in [0.5, 0.6) is 0 Å². The van der Waals surface area contributed by atoms with Gasteiger partial charge in [0.15, 0.2) is 0 Å². The highest BCUT2D eigenvalue weighted by atomic mass is 16.5. The van der Waals surface area contributed by atoms with Crippen LogP contribution in [0.15, 0.2) is 23.0 Å². The summed E-state index contributed by atoms with van der Waals surface area (Å²) in [5.41, 5.74) is 0. The summed E-state index contributed by atoms with van der Waals surface area (Å²) in [6, 6.07) is 0.482. The SMILES string of the molecule is CCOC(=O)c1cnc(N2CCCCCCn3ccnc3CC2)o1. The molecule has 0 bridgehead atoms. The van der Waals surface area contributed by atoms with Gasteiger partial charge in [-0.3, -0.25) is 0 Å². The molecular weight excluding hydrogens is 308 g/mol. The second kappa shape index (κ2) is 7.99. The van der Waals surface area contributed by atoms with Crippen LogP contribution in [-0.2, 0) is 17.7 Å². The Balaban J connectivity index is 1.73. The number of oxazole rings is 1. The predicted octanol–water partition coefficient (Wildman–Crippen LogP) is 2.67. The molecule has 1 aliphatic rings. The van der Waals surface area contributed by atoms with Gasteiger partial charge in [0, 0.05) is 38.4 Å². The highest BCUT2D eigenvalue weighted by Crippen LogP contribution is 2.18. The number of aromatic nitrogens is 3. The van der Waals surface area contributed by atoms with E-state index in [2.05, 4.69) is 19.4 Å². The van der Waals surface area contributed by atoms with Crippen LogP contribution in [0.2, 0.25) is 0 Å². The summed E-state index contributed by atoms with van der Waals surface area (Å²) in [6.45, 7) is 4.75. The minimum absolute atomic E-state index is 0.155. The van der Waals surface area contributed by atoms with Crippen LogP contribution in [-0.4, -0.2) is 40.2 Å². The zero-order valence-electron chi connectivity index (χ0n) is 14.1. The molecule has 0 saturated carbocycles. The zero-order valence-corrected chi connectivity index (χ0v) is 14.1. The number of carbonyl (C=O) groups excluding carboxylic acids is 1. The van der Waals surface area contributed by atoms with Gasteiger partial charge in [0.05, 0.1) is 12.8 Å². The maximum absolute atomic E-state index is 11.8. The van der Waals surface area contributed by atoms with Gasteiger partial charge in [-0.05, 0) is 19.8 Å². The lowest BCUT2D eigenvalue weighted by molar-refractivity contribution is 0.0491. The van der Waals surface area contributed by atoms with Crippen molar-refractivity contribution in [2.75, 3.05) is 24.6 Å². The number of esters is 1. The van der Waals surface area contributed by atoms with Gasteiger partial charge in [0.1, 0.15) is 5.82 Å². The lowest BCUT2D eigenvalue weighted by Crippen LogP contribution is -2.28. The Morgan fingerprint density at radius 1 is 1.21 bits per heavy atom. The Hall–Kier alpha value is -2.31. The normalized spacial score (nSPS) is 16.3. The number of imidazole rings is 1. The second-order valence-corrected chi connectivity index (χ2v) is 5.92. The summed E-state index contributed by atoms with van der Waals surface area (Å²) < 4.78 is 12.8. The average Bonchev–Trinajstić information content (AvgIpc) is 3.22. The van der Waals surface area contributed by atoms with Crippen LogP contribution in [0.4, 0.5) is 6.01 Å². The van der Waals surface area contributed by atoms with Gasteiger partial charge in [-0.2, -0.15) is 0 Å². The van der Waals surface area contributed by atoms with Crippen molar-refractivity contribution in [3.05, 3.63) is 30.2 Å². The molecule has 0 fully saturated rings. The zero-order chi connectivity index (χ0) is 16.8. The maximum Gasteiger partial charge on any atom is 0.376 e. The van der Waals surface area contributed by atoms with E-state index in [-0.39, 0.29) is 5.76 Å². The lowest BCUT2D eigenvalue weighted by Gasteiger charge is -2.20. The van der Waals surface area contributed by atoms with E-state index in [0.29, 0.717) is 12.6 Å². The monoisotopic (exact) mass is 332 g/mol. The first-order valence-corrected chi connectivity index (χ1v) is 8.66. The Labute approximate surface area is 141 Å². The van der Waals surface area contributed by atoms with Crippen molar-refractivity contribution in [3.63, 3.8) is 0 Å². The summed E-state index contributed by atoms with van der Waals surface area (Å²) in [6.07, 6.45) is 10.8. The average molecular weight is 332 g/mol. The molecule has 0 unspecified atom stereocenters. The number of ether oxygens (including phenoxy) is 1. The van der Waals surface area contributed by atoms with Gasteiger partial charge in [0.25, 0.3) is 6.01 Å². The Morgan fingerprint density at radius 2 is 2.04 bits per heavy atom. The van der Waals surface area contributed by atoms with Gasteiger partial charge < -0.3 is 18.6 Å². The first kappa shape index (κ1) is 16.5. The minimum atomic E-state index is -0.468. The van der Waals surface area contributed by atoms with E-state index in [4.69, 9.17) is 9.15 Å². The molecule has 2 aromatic heterocycles. The van der Waals surface area contributed by atoms with Crippen molar-refractivity contribution in [2.24, 2.45) is 0 Å². The predicted molar refractivity (Wildman–Crippen MR) is 89.1 cm³/mol. The molecule has 1 aliphatic heterocycles. The third kappa shape index (κ3) is 3.96. The van der Waals surface area contributed by atoms with Gasteiger partial charge in [-0.25, -0.2) is 14.8 Å². The molecular formula is C17H24N4O3. The molecule has 2 aromatic rings. The third-order valence-electron chi connectivity index (χ3n) is 4.22. The largest absolute Gasteiger partial charge is 0.460 e. The maximum atomic E-state index is 11.8. The fraction of sp³-hybridized carbons (Fsp3) is 0.588. The molecule has 3 rings (SSSR count). The van der Waals surface area contributed by atoms with Crippen LogP contribution in [0, 0.1) is 0 Å². The van der Waals surface area contributed by atoms with Gasteiger partial charge in [-0.15, -0.1) is 0 Å². The van der Waals surface area contributed by atoms with E-state index >= 15 is 0 Å². The fourth-order valence-electron chi connectivity index (χ4n) is 2.96. The molecule has 130 valence electrons. The molecule has 0 radical (unpaired) electrons. The van der Waals surface area contributed by atoms with Crippen LogP contribution < -0.4 is 4.90 Å². The summed E-state index contributed by atoms with van der Waals surface area (Å²) in [5.74, 6) is 0.770. The molecule has 0 saturated heterocycles. The number of nitrogens with zero attached hydrogens (tertiary/aromatic N) is 4. The lowest BCUT2D eigenvalue weighted by atomic mass is 10.2. The Bertz CT molecular complexity index is 664. The summed E-state index contributed by atoms with van der Waals surface area (Å²) in [7, 11) is 0. The number of hydrogen-bond acceptors (Lipinski definition) is 6. The van der Waals surface area contributed by atoms with E-state index < -0.39 is 5.97 Å². The number of rotatable bonds is 3. The molecule has 24 heavy (non-hydrogen) atoms. The van der Waals surface area contributed by atoms with E-state index in [9.17, 15) is 4.79 Å². The van der Waals surface area contributed by atoms with E-state index in [1.165, 1.54) is 25.5 Å². The molecule has 7 heteroatoms. The number of fused-ring (bicyclic) bond motifs is 1. The van der Waals surface area contributed by atoms with Crippen LogP contribution >= 0.6 is 0 Å². The number of aryl methyl sites for hydroxylation is 1. The Kier molecular flexibility index (Phi) is 5.51.